The Morgan fingerprint density at radius 1 is 1.24 bits per heavy atom. The van der Waals surface area contributed by atoms with E-state index in [2.05, 4.69) is 37.4 Å². The maximum Gasteiger partial charge on any atom is 0.0438 e. The highest BCUT2D eigenvalue weighted by Crippen LogP contribution is 2.10. The molecule has 2 nitrogen and oxygen atoms in total. The lowest BCUT2D eigenvalue weighted by Gasteiger charge is -2.08. The molecule has 0 fully saturated rings. The van der Waals surface area contributed by atoms with Crippen LogP contribution >= 0.6 is 11.8 Å². The second kappa shape index (κ2) is 8.56. The van der Waals surface area contributed by atoms with Crippen LogP contribution in [0.15, 0.2) is 18.2 Å². The molecule has 0 spiro atoms. The van der Waals surface area contributed by atoms with E-state index >= 15 is 0 Å². The molecule has 0 saturated heterocycles. The van der Waals surface area contributed by atoms with E-state index in [0.29, 0.717) is 6.61 Å². The minimum Gasteiger partial charge on any atom is -0.396 e. The summed E-state index contributed by atoms with van der Waals surface area (Å²) in [7, 11) is 0. The Hall–Kier alpha value is -0.510. The molecule has 0 radical (unpaired) electrons. The summed E-state index contributed by atoms with van der Waals surface area (Å²) in [5.74, 6) is 2.17. The van der Waals surface area contributed by atoms with Crippen LogP contribution in [-0.4, -0.2) is 29.8 Å². The summed E-state index contributed by atoms with van der Waals surface area (Å²) >= 11 is 1.90. The van der Waals surface area contributed by atoms with Crippen molar-refractivity contribution in [3.63, 3.8) is 0 Å². The van der Waals surface area contributed by atoms with Gasteiger partial charge >= 0.3 is 0 Å². The summed E-state index contributed by atoms with van der Waals surface area (Å²) in [6.45, 7) is 6.58. The highest BCUT2D eigenvalue weighted by molar-refractivity contribution is 7.99. The molecule has 17 heavy (non-hydrogen) atoms. The quantitative estimate of drug-likeness (QED) is 0.698. The molecule has 0 aromatic heterocycles. The van der Waals surface area contributed by atoms with Gasteiger partial charge < -0.3 is 10.4 Å². The van der Waals surface area contributed by atoms with Gasteiger partial charge in [0, 0.05) is 25.4 Å². The van der Waals surface area contributed by atoms with Crippen molar-refractivity contribution >= 4 is 11.8 Å². The van der Waals surface area contributed by atoms with Crippen LogP contribution in [0, 0.1) is 13.8 Å². The SMILES string of the molecule is Cc1ccc(CNCCSCCCO)c(C)c1. The summed E-state index contributed by atoms with van der Waals surface area (Å²) in [4.78, 5) is 0. The van der Waals surface area contributed by atoms with Crippen molar-refractivity contribution in [2.24, 2.45) is 0 Å². The normalized spacial score (nSPS) is 10.8. The number of hydrogen-bond acceptors (Lipinski definition) is 3. The number of aliphatic hydroxyl groups excluding tert-OH is 1. The number of rotatable bonds is 8. The summed E-state index contributed by atoms with van der Waals surface area (Å²) in [6, 6.07) is 6.60. The molecule has 0 amide bonds. The highest BCUT2D eigenvalue weighted by Gasteiger charge is 1.97. The fourth-order valence-electron chi connectivity index (χ4n) is 1.68. The van der Waals surface area contributed by atoms with E-state index in [9.17, 15) is 0 Å². The predicted octanol–water partition coefficient (Wildman–Crippen LogP) is 2.51. The van der Waals surface area contributed by atoms with Crippen LogP contribution in [0.5, 0.6) is 0 Å². The Morgan fingerprint density at radius 2 is 2.06 bits per heavy atom. The standard InChI is InChI=1S/C14H23NOS/c1-12-4-5-14(13(2)10-12)11-15-6-9-17-8-3-7-16/h4-5,10,15-16H,3,6-9,11H2,1-2H3. The van der Waals surface area contributed by atoms with Crippen molar-refractivity contribution in [1.29, 1.82) is 0 Å². The first-order valence-electron chi connectivity index (χ1n) is 6.19. The first-order chi connectivity index (χ1) is 8.24. The predicted molar refractivity (Wildman–Crippen MR) is 76.7 cm³/mol. The minimum absolute atomic E-state index is 0.309. The van der Waals surface area contributed by atoms with Gasteiger partial charge in [-0.15, -0.1) is 0 Å². The lowest BCUT2D eigenvalue weighted by Crippen LogP contribution is -2.17. The summed E-state index contributed by atoms with van der Waals surface area (Å²) in [5, 5.41) is 12.1. The van der Waals surface area contributed by atoms with Gasteiger partial charge in [0.25, 0.3) is 0 Å². The Morgan fingerprint density at radius 3 is 2.76 bits per heavy atom. The number of aliphatic hydroxyl groups is 1. The average Bonchev–Trinajstić information content (AvgIpc) is 2.30. The number of nitrogens with one attached hydrogen (secondary N) is 1. The number of benzene rings is 1. The molecule has 96 valence electrons. The van der Waals surface area contributed by atoms with Gasteiger partial charge in [0.15, 0.2) is 0 Å². The van der Waals surface area contributed by atoms with Crippen molar-refractivity contribution in [2.45, 2.75) is 26.8 Å². The first kappa shape index (κ1) is 14.6. The molecule has 0 aliphatic carbocycles. The van der Waals surface area contributed by atoms with Crippen LogP contribution in [-0.2, 0) is 6.54 Å². The van der Waals surface area contributed by atoms with Crippen LogP contribution in [0.1, 0.15) is 23.1 Å². The molecule has 0 aliphatic heterocycles. The topological polar surface area (TPSA) is 32.3 Å². The smallest absolute Gasteiger partial charge is 0.0438 e. The van der Waals surface area contributed by atoms with Crippen molar-refractivity contribution in [3.8, 4) is 0 Å². The third-order valence-corrected chi connectivity index (χ3v) is 3.75. The van der Waals surface area contributed by atoms with E-state index < -0.39 is 0 Å². The fraction of sp³-hybridized carbons (Fsp3) is 0.571. The average molecular weight is 253 g/mol. The third-order valence-electron chi connectivity index (χ3n) is 2.68. The Labute approximate surface area is 109 Å². The molecule has 0 bridgehead atoms. The van der Waals surface area contributed by atoms with Gasteiger partial charge in [-0.25, -0.2) is 0 Å². The zero-order chi connectivity index (χ0) is 12.5. The maximum absolute atomic E-state index is 8.64. The molecule has 1 aromatic carbocycles. The summed E-state index contributed by atoms with van der Waals surface area (Å²) < 4.78 is 0. The van der Waals surface area contributed by atoms with Crippen molar-refractivity contribution < 1.29 is 5.11 Å². The van der Waals surface area contributed by atoms with E-state index in [1.807, 2.05) is 11.8 Å². The molecule has 0 saturated carbocycles. The van der Waals surface area contributed by atoms with Gasteiger partial charge in [0.2, 0.25) is 0 Å². The molecule has 1 aromatic rings. The van der Waals surface area contributed by atoms with E-state index in [-0.39, 0.29) is 0 Å². The van der Waals surface area contributed by atoms with Gasteiger partial charge in [-0.05, 0) is 37.1 Å². The largest absolute Gasteiger partial charge is 0.396 e. The molecule has 0 aliphatic rings. The summed E-state index contributed by atoms with van der Waals surface area (Å²) in [6.07, 6.45) is 0.905. The molecular weight excluding hydrogens is 230 g/mol. The van der Waals surface area contributed by atoms with Gasteiger partial charge in [-0.2, -0.15) is 11.8 Å². The van der Waals surface area contributed by atoms with Crippen LogP contribution in [0.25, 0.3) is 0 Å². The van der Waals surface area contributed by atoms with E-state index in [1.54, 1.807) is 0 Å². The Bertz CT molecular complexity index is 328. The molecule has 0 atom stereocenters. The third kappa shape index (κ3) is 6.10. The zero-order valence-electron chi connectivity index (χ0n) is 10.8. The number of hydrogen-bond donors (Lipinski definition) is 2. The summed E-state index contributed by atoms with van der Waals surface area (Å²) in [5.41, 5.74) is 4.08. The number of aryl methyl sites for hydroxylation is 2. The molecule has 0 unspecified atom stereocenters. The van der Waals surface area contributed by atoms with Crippen molar-refractivity contribution in [1.82, 2.24) is 5.32 Å². The van der Waals surface area contributed by atoms with Crippen molar-refractivity contribution in [3.05, 3.63) is 34.9 Å². The van der Waals surface area contributed by atoms with Gasteiger partial charge in [-0.1, -0.05) is 23.8 Å². The Balaban J connectivity index is 2.14. The van der Waals surface area contributed by atoms with Crippen molar-refractivity contribution in [2.75, 3.05) is 24.7 Å². The Kier molecular flexibility index (Phi) is 7.33. The van der Waals surface area contributed by atoms with Gasteiger partial charge in [0.1, 0.15) is 0 Å². The molecule has 1 rings (SSSR count). The van der Waals surface area contributed by atoms with E-state index in [4.69, 9.17) is 5.11 Å². The maximum atomic E-state index is 8.64. The second-order valence-electron chi connectivity index (χ2n) is 4.30. The molecule has 0 heterocycles. The monoisotopic (exact) mass is 253 g/mol. The molecule has 3 heteroatoms. The van der Waals surface area contributed by atoms with Gasteiger partial charge in [0.05, 0.1) is 0 Å². The molecule has 2 N–H and O–H groups in total. The van der Waals surface area contributed by atoms with Crippen LogP contribution in [0.3, 0.4) is 0 Å². The van der Waals surface area contributed by atoms with Crippen LogP contribution in [0.2, 0.25) is 0 Å². The number of thioether (sulfide) groups is 1. The lowest BCUT2D eigenvalue weighted by atomic mass is 10.1. The van der Waals surface area contributed by atoms with Gasteiger partial charge in [-0.3, -0.25) is 0 Å². The molecular formula is C14H23NOS. The van der Waals surface area contributed by atoms with E-state index in [0.717, 1.165) is 31.0 Å². The first-order valence-corrected chi connectivity index (χ1v) is 7.35. The van der Waals surface area contributed by atoms with Crippen LogP contribution < -0.4 is 5.32 Å². The second-order valence-corrected chi connectivity index (χ2v) is 5.52. The highest BCUT2D eigenvalue weighted by atomic mass is 32.2. The van der Waals surface area contributed by atoms with E-state index in [1.165, 1.54) is 16.7 Å². The lowest BCUT2D eigenvalue weighted by molar-refractivity contribution is 0.296. The minimum atomic E-state index is 0.309. The van der Waals surface area contributed by atoms with Crippen LogP contribution in [0.4, 0.5) is 0 Å². The fourth-order valence-corrected chi connectivity index (χ4v) is 2.51. The zero-order valence-corrected chi connectivity index (χ0v) is 11.6.